The van der Waals surface area contributed by atoms with Gasteiger partial charge in [-0.3, -0.25) is 0 Å². The van der Waals surface area contributed by atoms with Crippen molar-refractivity contribution in [2.45, 2.75) is 29.0 Å². The van der Waals surface area contributed by atoms with Crippen LogP contribution in [0.25, 0.3) is 5.65 Å². The van der Waals surface area contributed by atoms with Crippen molar-refractivity contribution < 1.29 is 13.2 Å². The molecule has 1 aliphatic rings. The summed E-state index contributed by atoms with van der Waals surface area (Å²) in [6, 6.07) is 1.75. The average molecular weight is 440 g/mol. The summed E-state index contributed by atoms with van der Waals surface area (Å²) in [6.45, 7) is 0.595. The van der Waals surface area contributed by atoms with E-state index in [1.54, 1.807) is 10.6 Å². The van der Waals surface area contributed by atoms with Gasteiger partial charge in [-0.25, -0.2) is 22.6 Å². The smallest absolute Gasteiger partial charge is 0.250 e. The van der Waals surface area contributed by atoms with E-state index in [4.69, 9.17) is 39.9 Å². The first-order valence-electron chi connectivity index (χ1n) is 9.13. The van der Waals surface area contributed by atoms with Gasteiger partial charge in [0.2, 0.25) is 15.9 Å². The first kappa shape index (κ1) is 21.3. The number of pyridine rings is 1. The van der Waals surface area contributed by atoms with Crippen LogP contribution < -0.4 is 4.74 Å². The van der Waals surface area contributed by atoms with Gasteiger partial charge < -0.3 is 4.74 Å². The number of ether oxygens (including phenoxy) is 1. The molecule has 4 heterocycles. The first-order valence-corrected chi connectivity index (χ1v) is 10.9. The molecule has 0 bridgehead atoms. The fourth-order valence-corrected chi connectivity index (χ4v) is 5.41. The molecule has 0 saturated carbocycles. The average Bonchev–Trinajstić information content (AvgIpc) is 3.26. The van der Waals surface area contributed by atoms with Crippen LogP contribution in [0.1, 0.15) is 24.3 Å². The zero-order chi connectivity index (χ0) is 21.7. The molecule has 0 aromatic carbocycles. The summed E-state index contributed by atoms with van der Waals surface area (Å²) in [5.41, 5.74) is 1.57. The van der Waals surface area contributed by atoms with E-state index in [0.29, 0.717) is 36.6 Å². The van der Waals surface area contributed by atoms with Crippen molar-refractivity contribution in [2.75, 3.05) is 13.1 Å². The normalized spacial score (nSPS) is 16.9. The molecule has 150 valence electrons. The van der Waals surface area contributed by atoms with Crippen LogP contribution in [0.3, 0.4) is 0 Å². The number of aryl methyl sites for hydroxylation is 1. The third-order valence-electron chi connectivity index (χ3n) is 5.03. The predicted octanol–water partition coefficient (Wildman–Crippen LogP) is 0.180. The highest BCUT2D eigenvalue weighted by molar-refractivity contribution is 7.89. The van der Waals surface area contributed by atoms with Gasteiger partial charge >= 0.3 is 0 Å². The second-order valence-corrected chi connectivity index (χ2v) is 9.52. The molecule has 9 nitrogen and oxygen atoms in total. The number of hydrogen-bond donors (Lipinski definition) is 0. The van der Waals surface area contributed by atoms with Gasteiger partial charge in [0.15, 0.2) is 10.5 Å². The highest BCUT2D eigenvalue weighted by Gasteiger charge is 2.35. The van der Waals surface area contributed by atoms with Crippen LogP contribution in [0, 0.1) is 0 Å². The number of fused-ring (bicyclic) bond motifs is 1. The number of rotatable bonds is 5. The molecule has 30 heavy (non-hydrogen) atoms. The Bertz CT molecular complexity index is 1180. The van der Waals surface area contributed by atoms with Crippen LogP contribution in [0.5, 0.6) is 5.88 Å². The summed E-state index contributed by atoms with van der Waals surface area (Å²) >= 11 is 6.42. The van der Waals surface area contributed by atoms with E-state index in [-0.39, 0.29) is 16.7 Å². The van der Waals surface area contributed by atoms with Gasteiger partial charge in [0.25, 0.3) is 0 Å². The second-order valence-electron chi connectivity index (χ2n) is 7.21. The molecule has 0 amide bonds. The molecular formula is C16H16B3ClN6O3S. The van der Waals surface area contributed by atoms with Crippen molar-refractivity contribution >= 4 is 50.8 Å². The largest absolute Gasteiger partial charge is 0.500 e. The molecule has 1 fully saturated rings. The van der Waals surface area contributed by atoms with E-state index in [2.05, 4.69) is 15.2 Å². The second kappa shape index (κ2) is 7.62. The van der Waals surface area contributed by atoms with Crippen molar-refractivity contribution in [3.05, 3.63) is 35.4 Å². The Kier molecular flexibility index (Phi) is 5.40. The Balaban J connectivity index is 1.54. The summed E-state index contributed by atoms with van der Waals surface area (Å²) in [5.74, 6) is -0.0313. The Morgan fingerprint density at radius 3 is 2.60 bits per heavy atom. The Morgan fingerprint density at radius 2 is 1.93 bits per heavy atom. The van der Waals surface area contributed by atoms with E-state index in [1.807, 2.05) is 6.20 Å². The Morgan fingerprint density at radius 1 is 1.23 bits per heavy atom. The van der Waals surface area contributed by atoms with Gasteiger partial charge in [-0.05, 0) is 29.6 Å². The Labute approximate surface area is 183 Å². The SMILES string of the molecule is [B]C([B])([B])Oc1c(S(=O)(=O)N2CCC(c3cn4ncnc4cc3Cl)CC2)cnn1C. The lowest BCUT2D eigenvalue weighted by atomic mass is 9.52. The van der Waals surface area contributed by atoms with Crippen molar-refractivity contribution in [3.8, 4) is 5.88 Å². The zero-order valence-electron chi connectivity index (χ0n) is 16.1. The molecule has 0 N–H and O–H groups in total. The molecule has 0 spiro atoms. The molecule has 1 aliphatic heterocycles. The van der Waals surface area contributed by atoms with Crippen molar-refractivity contribution in [1.82, 2.24) is 28.7 Å². The predicted molar refractivity (Wildman–Crippen MR) is 113 cm³/mol. The molecular weight excluding hydrogens is 424 g/mol. The fraction of sp³-hybridized carbons (Fsp3) is 0.438. The quantitative estimate of drug-likeness (QED) is 0.526. The third-order valence-corrected chi connectivity index (χ3v) is 7.24. The molecule has 14 heteroatoms. The molecule has 4 rings (SSSR count). The summed E-state index contributed by atoms with van der Waals surface area (Å²) in [5, 5.41) is 6.63. The highest BCUT2D eigenvalue weighted by atomic mass is 35.5. The number of hydrogen-bond acceptors (Lipinski definition) is 6. The molecule has 0 atom stereocenters. The maximum atomic E-state index is 13.2. The van der Waals surface area contributed by atoms with Crippen LogP contribution >= 0.6 is 11.6 Å². The number of nitrogens with zero attached hydrogens (tertiary/aromatic N) is 6. The van der Waals surface area contributed by atoms with E-state index in [9.17, 15) is 8.42 Å². The molecule has 1 saturated heterocycles. The lowest BCUT2D eigenvalue weighted by Gasteiger charge is -2.32. The van der Waals surface area contributed by atoms with Gasteiger partial charge in [0.05, 0.1) is 6.20 Å². The van der Waals surface area contributed by atoms with Gasteiger partial charge in [0.1, 0.15) is 29.9 Å². The van der Waals surface area contributed by atoms with Gasteiger partial charge in [-0.15, -0.1) is 0 Å². The van der Waals surface area contributed by atoms with E-state index in [1.165, 1.54) is 28.6 Å². The standard InChI is InChI=1S/C16H16B3ClN6O3S/c1-24-15(29-16(17,18)19)13(7-22-24)30(27,28)25-4-2-10(3-5-25)11-8-26-14(6-12(11)20)21-9-23-26/h6-10H,2-5H2,1H3. The van der Waals surface area contributed by atoms with E-state index < -0.39 is 15.3 Å². The van der Waals surface area contributed by atoms with Crippen LogP contribution in [0.4, 0.5) is 0 Å². The first-order chi connectivity index (χ1) is 14.1. The van der Waals surface area contributed by atoms with Crippen LogP contribution in [0.2, 0.25) is 5.02 Å². The summed E-state index contributed by atoms with van der Waals surface area (Å²) < 4.78 is 35.8. The monoisotopic (exact) mass is 440 g/mol. The summed E-state index contributed by atoms with van der Waals surface area (Å²) in [6.07, 6.45) is 5.67. The minimum Gasteiger partial charge on any atom is -0.500 e. The molecule has 0 aliphatic carbocycles. The number of aromatic nitrogens is 5. The maximum absolute atomic E-state index is 13.2. The van der Waals surface area contributed by atoms with Crippen molar-refractivity contribution in [2.24, 2.45) is 7.05 Å². The number of halogens is 1. The van der Waals surface area contributed by atoms with Gasteiger partial charge in [-0.2, -0.15) is 14.5 Å². The van der Waals surface area contributed by atoms with Crippen LogP contribution in [-0.2, 0) is 17.1 Å². The Hall–Kier alpha value is -1.98. The lowest BCUT2D eigenvalue weighted by Crippen LogP contribution is -2.40. The number of sulfonamides is 1. The van der Waals surface area contributed by atoms with E-state index >= 15 is 0 Å². The minimum atomic E-state index is -3.89. The van der Waals surface area contributed by atoms with Crippen molar-refractivity contribution in [3.63, 3.8) is 0 Å². The molecule has 3 aromatic rings. The van der Waals surface area contributed by atoms with E-state index in [0.717, 1.165) is 5.56 Å². The van der Waals surface area contributed by atoms with Crippen LogP contribution in [-0.4, -0.2) is 79.0 Å². The highest BCUT2D eigenvalue weighted by Crippen LogP contribution is 2.36. The summed E-state index contributed by atoms with van der Waals surface area (Å²) in [7, 11) is 14.0. The molecule has 3 aromatic heterocycles. The topological polar surface area (TPSA) is 94.6 Å². The van der Waals surface area contributed by atoms with Crippen LogP contribution in [0.15, 0.2) is 29.7 Å². The lowest BCUT2D eigenvalue weighted by molar-refractivity contribution is 0.278. The number of piperidine rings is 1. The fourth-order valence-electron chi connectivity index (χ4n) is 3.57. The molecule has 0 unspecified atom stereocenters. The van der Waals surface area contributed by atoms with Crippen molar-refractivity contribution in [1.29, 1.82) is 0 Å². The summed E-state index contributed by atoms with van der Waals surface area (Å²) in [4.78, 5) is 3.97. The minimum absolute atomic E-state index is 0.0898. The van der Waals surface area contributed by atoms with Gasteiger partial charge in [-0.1, -0.05) is 11.6 Å². The molecule has 6 radical (unpaired) electrons. The maximum Gasteiger partial charge on any atom is 0.250 e. The third kappa shape index (κ3) is 3.98. The zero-order valence-corrected chi connectivity index (χ0v) is 17.7. The van der Waals surface area contributed by atoms with Gasteiger partial charge in [0, 0.05) is 37.4 Å².